The van der Waals surface area contributed by atoms with Crippen molar-refractivity contribution < 1.29 is 4.42 Å². The molecule has 5 heteroatoms. The maximum atomic E-state index is 5.26. The van der Waals surface area contributed by atoms with Crippen LogP contribution in [0, 0.1) is 6.92 Å². The fourth-order valence-corrected chi connectivity index (χ4v) is 1.78. The fourth-order valence-electron chi connectivity index (χ4n) is 1.35. The van der Waals surface area contributed by atoms with Crippen LogP contribution in [0.15, 0.2) is 33.2 Å². The van der Waals surface area contributed by atoms with Crippen LogP contribution in [0.1, 0.15) is 17.3 Å². The maximum Gasteiger partial charge on any atom is 0.230 e. The Hall–Kier alpha value is -1.20. The van der Waals surface area contributed by atoms with Crippen molar-refractivity contribution in [3.05, 3.63) is 46.1 Å². The zero-order valence-electron chi connectivity index (χ0n) is 8.90. The van der Waals surface area contributed by atoms with Crippen LogP contribution in [0.5, 0.6) is 0 Å². The molecule has 0 saturated heterocycles. The number of hydrogen-bond acceptors (Lipinski definition) is 4. The van der Waals surface area contributed by atoms with E-state index >= 15 is 0 Å². The van der Waals surface area contributed by atoms with Crippen molar-refractivity contribution in [2.45, 2.75) is 20.0 Å². The third-order valence-electron chi connectivity index (χ3n) is 2.12. The number of aryl methyl sites for hydroxylation is 1. The number of halogens is 1. The summed E-state index contributed by atoms with van der Waals surface area (Å²) in [5.74, 6) is 1.21. The van der Waals surface area contributed by atoms with Crippen LogP contribution < -0.4 is 5.32 Å². The molecule has 0 radical (unpaired) electrons. The van der Waals surface area contributed by atoms with Gasteiger partial charge in [-0.15, -0.1) is 10.2 Å². The molecule has 0 spiro atoms. The van der Waals surface area contributed by atoms with E-state index in [-0.39, 0.29) is 0 Å². The van der Waals surface area contributed by atoms with Crippen LogP contribution in [0.4, 0.5) is 0 Å². The monoisotopic (exact) mass is 281 g/mol. The van der Waals surface area contributed by atoms with Crippen molar-refractivity contribution in [2.75, 3.05) is 0 Å². The van der Waals surface area contributed by atoms with E-state index in [4.69, 9.17) is 4.42 Å². The Morgan fingerprint density at radius 2 is 2.06 bits per heavy atom. The van der Waals surface area contributed by atoms with Gasteiger partial charge in [-0.1, -0.05) is 34.1 Å². The lowest BCUT2D eigenvalue weighted by Crippen LogP contribution is -2.13. The van der Waals surface area contributed by atoms with Gasteiger partial charge < -0.3 is 9.73 Å². The number of benzene rings is 1. The molecule has 16 heavy (non-hydrogen) atoms. The van der Waals surface area contributed by atoms with Crippen LogP contribution in [-0.2, 0) is 13.1 Å². The summed E-state index contributed by atoms with van der Waals surface area (Å²) >= 11 is 3.50. The number of nitrogens with one attached hydrogen (secondary N) is 1. The Morgan fingerprint density at radius 3 is 2.75 bits per heavy atom. The highest BCUT2D eigenvalue weighted by atomic mass is 79.9. The predicted octanol–water partition coefficient (Wildman–Crippen LogP) is 2.43. The minimum Gasteiger partial charge on any atom is -0.424 e. The highest BCUT2D eigenvalue weighted by Gasteiger charge is 2.02. The van der Waals surface area contributed by atoms with Crippen molar-refractivity contribution >= 4 is 15.9 Å². The second-order valence-corrected chi connectivity index (χ2v) is 4.26. The van der Waals surface area contributed by atoms with Gasteiger partial charge in [0.15, 0.2) is 0 Å². The zero-order chi connectivity index (χ0) is 11.4. The van der Waals surface area contributed by atoms with Gasteiger partial charge in [0.2, 0.25) is 11.8 Å². The molecular weight excluding hydrogens is 270 g/mol. The molecule has 0 bridgehead atoms. The molecule has 84 valence electrons. The lowest BCUT2D eigenvalue weighted by atomic mass is 10.2. The second kappa shape index (κ2) is 5.23. The van der Waals surface area contributed by atoms with E-state index in [1.807, 2.05) is 18.2 Å². The van der Waals surface area contributed by atoms with Crippen LogP contribution in [-0.4, -0.2) is 10.2 Å². The minimum absolute atomic E-state index is 0.585. The highest BCUT2D eigenvalue weighted by Crippen LogP contribution is 2.15. The van der Waals surface area contributed by atoms with Gasteiger partial charge in [-0.05, 0) is 11.6 Å². The first kappa shape index (κ1) is 11.3. The van der Waals surface area contributed by atoms with Crippen molar-refractivity contribution in [3.63, 3.8) is 0 Å². The molecule has 1 aromatic carbocycles. The molecule has 1 N–H and O–H groups in total. The summed E-state index contributed by atoms with van der Waals surface area (Å²) in [5.41, 5.74) is 1.21. The quantitative estimate of drug-likeness (QED) is 0.935. The van der Waals surface area contributed by atoms with Gasteiger partial charge in [0.05, 0.1) is 6.54 Å². The Balaban J connectivity index is 1.87. The molecule has 4 nitrogen and oxygen atoms in total. The predicted molar refractivity (Wildman–Crippen MR) is 63.7 cm³/mol. The zero-order valence-corrected chi connectivity index (χ0v) is 10.5. The fraction of sp³-hybridized carbons (Fsp3) is 0.273. The van der Waals surface area contributed by atoms with Crippen LogP contribution >= 0.6 is 15.9 Å². The van der Waals surface area contributed by atoms with E-state index in [0.29, 0.717) is 18.3 Å². The van der Waals surface area contributed by atoms with Gasteiger partial charge in [0.1, 0.15) is 0 Å². The highest BCUT2D eigenvalue weighted by molar-refractivity contribution is 9.10. The van der Waals surface area contributed by atoms with E-state index in [0.717, 1.165) is 11.0 Å². The average molecular weight is 282 g/mol. The topological polar surface area (TPSA) is 51.0 Å². The third kappa shape index (κ3) is 2.90. The molecule has 0 amide bonds. The summed E-state index contributed by atoms with van der Waals surface area (Å²) in [4.78, 5) is 0. The van der Waals surface area contributed by atoms with E-state index < -0.39 is 0 Å². The molecule has 0 fully saturated rings. The van der Waals surface area contributed by atoms with Crippen LogP contribution in [0.25, 0.3) is 0 Å². The molecule has 2 aromatic rings. The summed E-state index contributed by atoms with van der Waals surface area (Å²) in [6.07, 6.45) is 0. The summed E-state index contributed by atoms with van der Waals surface area (Å²) in [6, 6.07) is 8.09. The maximum absolute atomic E-state index is 5.26. The minimum atomic E-state index is 0.585. The van der Waals surface area contributed by atoms with Crippen LogP contribution in [0.3, 0.4) is 0 Å². The van der Waals surface area contributed by atoms with Gasteiger partial charge in [-0.3, -0.25) is 0 Å². The molecule has 1 aromatic heterocycles. The first-order valence-electron chi connectivity index (χ1n) is 4.99. The van der Waals surface area contributed by atoms with E-state index in [2.05, 4.69) is 37.5 Å². The summed E-state index contributed by atoms with van der Waals surface area (Å²) in [6.45, 7) is 3.13. The molecule has 1 heterocycles. The van der Waals surface area contributed by atoms with E-state index in [1.165, 1.54) is 5.56 Å². The van der Waals surface area contributed by atoms with Crippen molar-refractivity contribution in [1.29, 1.82) is 0 Å². The molecular formula is C11H12BrN3O. The molecule has 0 aliphatic carbocycles. The first-order valence-corrected chi connectivity index (χ1v) is 5.78. The van der Waals surface area contributed by atoms with E-state index in [1.54, 1.807) is 6.92 Å². The smallest absolute Gasteiger partial charge is 0.230 e. The number of nitrogens with zero attached hydrogens (tertiary/aromatic N) is 2. The summed E-state index contributed by atoms with van der Waals surface area (Å²) in [7, 11) is 0. The summed E-state index contributed by atoms with van der Waals surface area (Å²) < 4.78 is 6.36. The largest absolute Gasteiger partial charge is 0.424 e. The van der Waals surface area contributed by atoms with Gasteiger partial charge in [0, 0.05) is 17.9 Å². The number of hydrogen-bond donors (Lipinski definition) is 1. The number of aromatic nitrogens is 2. The normalized spacial score (nSPS) is 10.6. The molecule has 0 atom stereocenters. The Kier molecular flexibility index (Phi) is 3.69. The third-order valence-corrected chi connectivity index (χ3v) is 2.89. The van der Waals surface area contributed by atoms with E-state index in [9.17, 15) is 0 Å². The van der Waals surface area contributed by atoms with Gasteiger partial charge in [0.25, 0.3) is 0 Å². The SMILES string of the molecule is Cc1nnc(CNCc2ccccc2Br)o1. The average Bonchev–Trinajstić information content (AvgIpc) is 2.67. The molecule has 0 aliphatic rings. The van der Waals surface area contributed by atoms with Crippen molar-refractivity contribution in [2.24, 2.45) is 0 Å². The first-order chi connectivity index (χ1) is 7.75. The van der Waals surface area contributed by atoms with Gasteiger partial charge in [-0.2, -0.15) is 0 Å². The molecule has 0 unspecified atom stereocenters. The number of rotatable bonds is 4. The molecule has 2 rings (SSSR count). The van der Waals surface area contributed by atoms with Crippen LogP contribution in [0.2, 0.25) is 0 Å². The van der Waals surface area contributed by atoms with Gasteiger partial charge >= 0.3 is 0 Å². The Labute approximate surface area is 102 Å². The lowest BCUT2D eigenvalue weighted by molar-refractivity contribution is 0.446. The Morgan fingerprint density at radius 1 is 1.25 bits per heavy atom. The summed E-state index contributed by atoms with van der Waals surface area (Å²) in [5, 5.41) is 10.9. The lowest BCUT2D eigenvalue weighted by Gasteiger charge is -2.04. The van der Waals surface area contributed by atoms with Gasteiger partial charge in [-0.25, -0.2) is 0 Å². The Bertz CT molecular complexity index is 470. The van der Waals surface area contributed by atoms with Crippen molar-refractivity contribution in [3.8, 4) is 0 Å². The standard InChI is InChI=1S/C11H12BrN3O/c1-8-14-15-11(16-8)7-13-6-9-4-2-3-5-10(9)12/h2-5,13H,6-7H2,1H3. The van der Waals surface area contributed by atoms with Crippen molar-refractivity contribution in [1.82, 2.24) is 15.5 Å². The molecule has 0 aliphatic heterocycles. The molecule has 0 saturated carbocycles. The second-order valence-electron chi connectivity index (χ2n) is 3.41.